The molecule has 2 aromatic carbocycles. The smallest absolute Gasteiger partial charge is 0.261 e. The molecule has 0 saturated heterocycles. The minimum Gasteiger partial charge on any atom is -0.481 e. The van der Waals surface area contributed by atoms with Crippen LogP contribution >= 0.6 is 11.8 Å². The monoisotopic (exact) mass is 357 g/mol. The molecule has 0 aliphatic carbocycles. The quantitative estimate of drug-likeness (QED) is 0.671. The third kappa shape index (κ3) is 6.83. The summed E-state index contributed by atoms with van der Waals surface area (Å²) in [6.07, 6.45) is 0.209. The number of carbonyl (C=O) groups excluding carboxylic acids is 1. The van der Waals surface area contributed by atoms with Gasteiger partial charge in [-0.25, -0.2) is 0 Å². The van der Waals surface area contributed by atoms with Crippen LogP contribution in [0, 0.1) is 13.8 Å². The van der Waals surface area contributed by atoms with Crippen molar-refractivity contribution in [3.05, 3.63) is 65.2 Å². The zero-order valence-electron chi connectivity index (χ0n) is 15.2. The third-order valence-electron chi connectivity index (χ3n) is 3.90. The first-order valence-electron chi connectivity index (χ1n) is 8.73. The molecule has 2 rings (SSSR count). The summed E-state index contributed by atoms with van der Waals surface area (Å²) in [7, 11) is 0. The van der Waals surface area contributed by atoms with E-state index in [1.165, 1.54) is 16.7 Å². The van der Waals surface area contributed by atoms with Crippen molar-refractivity contribution >= 4 is 17.7 Å². The first-order valence-corrected chi connectivity index (χ1v) is 9.88. The molecular weight excluding hydrogens is 330 g/mol. The van der Waals surface area contributed by atoms with Gasteiger partial charge in [-0.3, -0.25) is 4.79 Å². The lowest BCUT2D eigenvalue weighted by Crippen LogP contribution is -2.39. The number of nitrogens with one attached hydrogen (secondary N) is 1. The first kappa shape index (κ1) is 19.4. The number of ether oxygens (including phenoxy) is 1. The largest absolute Gasteiger partial charge is 0.481 e. The number of carbonyl (C=O) groups is 1. The number of benzene rings is 2. The second kappa shape index (κ2) is 10.1. The highest BCUT2D eigenvalue weighted by Gasteiger charge is 2.17. The maximum atomic E-state index is 12.3. The molecule has 0 aliphatic rings. The fourth-order valence-corrected chi connectivity index (χ4v) is 3.16. The van der Waals surface area contributed by atoms with Gasteiger partial charge in [0.2, 0.25) is 0 Å². The second-order valence-corrected chi connectivity index (χ2v) is 7.26. The van der Waals surface area contributed by atoms with Crippen molar-refractivity contribution in [2.24, 2.45) is 0 Å². The lowest BCUT2D eigenvalue weighted by Gasteiger charge is -2.17. The van der Waals surface area contributed by atoms with Crippen molar-refractivity contribution in [1.82, 2.24) is 5.32 Å². The summed E-state index contributed by atoms with van der Waals surface area (Å²) in [4.78, 5) is 12.3. The Hall–Kier alpha value is -1.94. The molecule has 1 amide bonds. The van der Waals surface area contributed by atoms with Gasteiger partial charge in [-0.2, -0.15) is 11.8 Å². The van der Waals surface area contributed by atoms with E-state index in [2.05, 4.69) is 36.5 Å². The molecule has 0 aliphatic heterocycles. The Bertz CT molecular complexity index is 653. The Kier molecular flexibility index (Phi) is 7.86. The summed E-state index contributed by atoms with van der Waals surface area (Å²) < 4.78 is 5.80. The van der Waals surface area contributed by atoms with Gasteiger partial charge >= 0.3 is 0 Å². The molecule has 3 nitrogen and oxygen atoms in total. The molecule has 0 unspecified atom stereocenters. The fraction of sp³-hybridized carbons (Fsp3) is 0.381. The Balaban J connectivity index is 1.68. The fourth-order valence-electron chi connectivity index (χ4n) is 2.34. The summed E-state index contributed by atoms with van der Waals surface area (Å²) in [6.45, 7) is 6.74. The highest BCUT2D eigenvalue weighted by atomic mass is 32.2. The molecule has 0 aromatic heterocycles. The van der Waals surface area contributed by atoms with E-state index in [1.807, 2.05) is 49.9 Å². The molecular formula is C21H27NO2S. The minimum absolute atomic E-state index is 0.0426. The van der Waals surface area contributed by atoms with E-state index in [0.29, 0.717) is 13.0 Å². The number of aryl methyl sites for hydroxylation is 2. The van der Waals surface area contributed by atoms with Crippen molar-refractivity contribution in [3.8, 4) is 5.75 Å². The van der Waals surface area contributed by atoms with Gasteiger partial charge in [0.05, 0.1) is 0 Å². The summed E-state index contributed by atoms with van der Waals surface area (Å²) in [5.41, 5.74) is 3.77. The molecule has 0 bridgehead atoms. The van der Waals surface area contributed by atoms with E-state index >= 15 is 0 Å². The standard InChI is InChI=1S/C21H27NO2S/c1-4-20(24-19-11-7-17(3)8-12-19)21(23)22-13-14-25-15-18-9-5-16(2)6-10-18/h5-12,20H,4,13-15H2,1-3H3,(H,22,23)/t20-/m1/s1. The Labute approximate surface area is 155 Å². The second-order valence-electron chi connectivity index (χ2n) is 6.16. The predicted octanol–water partition coefficient (Wildman–Crippen LogP) is 4.51. The van der Waals surface area contributed by atoms with Gasteiger partial charge in [0.25, 0.3) is 5.91 Å². The molecule has 1 N–H and O–H groups in total. The molecule has 2 aromatic rings. The average Bonchev–Trinajstić information content (AvgIpc) is 2.62. The highest BCUT2D eigenvalue weighted by Crippen LogP contribution is 2.15. The van der Waals surface area contributed by atoms with Gasteiger partial charge in [0.15, 0.2) is 6.10 Å². The molecule has 4 heteroatoms. The number of hydrogen-bond acceptors (Lipinski definition) is 3. The first-order chi connectivity index (χ1) is 12.1. The van der Waals surface area contributed by atoms with E-state index in [9.17, 15) is 4.79 Å². The number of amides is 1. The van der Waals surface area contributed by atoms with Gasteiger partial charge in [-0.15, -0.1) is 0 Å². The minimum atomic E-state index is -0.440. The maximum Gasteiger partial charge on any atom is 0.261 e. The normalized spacial score (nSPS) is 11.8. The van der Waals surface area contributed by atoms with E-state index < -0.39 is 6.10 Å². The van der Waals surface area contributed by atoms with Crippen molar-refractivity contribution in [3.63, 3.8) is 0 Å². The lowest BCUT2D eigenvalue weighted by atomic mass is 10.2. The van der Waals surface area contributed by atoms with Crippen LogP contribution in [0.5, 0.6) is 5.75 Å². The Morgan fingerprint density at radius 2 is 1.64 bits per heavy atom. The SMILES string of the molecule is CC[C@@H](Oc1ccc(C)cc1)C(=O)NCCSCc1ccc(C)cc1. The van der Waals surface area contributed by atoms with E-state index in [4.69, 9.17) is 4.74 Å². The van der Waals surface area contributed by atoms with Crippen LogP contribution in [-0.2, 0) is 10.5 Å². The molecule has 0 saturated carbocycles. The van der Waals surface area contributed by atoms with Crippen LogP contribution in [-0.4, -0.2) is 24.3 Å². The molecule has 1 atom stereocenters. The van der Waals surface area contributed by atoms with Gasteiger partial charge in [0, 0.05) is 18.1 Å². The number of hydrogen-bond donors (Lipinski definition) is 1. The number of rotatable bonds is 9. The lowest BCUT2D eigenvalue weighted by molar-refractivity contribution is -0.127. The van der Waals surface area contributed by atoms with Crippen molar-refractivity contribution in [2.75, 3.05) is 12.3 Å². The summed E-state index contributed by atoms with van der Waals surface area (Å²) in [6, 6.07) is 16.4. The van der Waals surface area contributed by atoms with Gasteiger partial charge in [0.1, 0.15) is 5.75 Å². The molecule has 0 spiro atoms. The van der Waals surface area contributed by atoms with Crippen LogP contribution < -0.4 is 10.1 Å². The molecule has 0 radical (unpaired) electrons. The predicted molar refractivity (Wildman–Crippen MR) is 106 cm³/mol. The zero-order valence-corrected chi connectivity index (χ0v) is 16.1. The van der Waals surface area contributed by atoms with Crippen molar-refractivity contribution in [2.45, 2.75) is 39.0 Å². The zero-order chi connectivity index (χ0) is 18.1. The van der Waals surface area contributed by atoms with Crippen LogP contribution in [0.15, 0.2) is 48.5 Å². The van der Waals surface area contributed by atoms with Gasteiger partial charge in [-0.1, -0.05) is 54.4 Å². The summed E-state index contributed by atoms with van der Waals surface area (Å²) in [5, 5.41) is 2.98. The van der Waals surface area contributed by atoms with Crippen LogP contribution in [0.25, 0.3) is 0 Å². The topological polar surface area (TPSA) is 38.3 Å². The van der Waals surface area contributed by atoms with Crippen molar-refractivity contribution in [1.29, 1.82) is 0 Å². The van der Waals surface area contributed by atoms with Gasteiger partial charge in [-0.05, 0) is 38.0 Å². The molecule has 134 valence electrons. The summed E-state index contributed by atoms with van der Waals surface area (Å²) in [5.74, 6) is 2.55. The maximum absolute atomic E-state index is 12.3. The van der Waals surface area contributed by atoms with Crippen LogP contribution in [0.2, 0.25) is 0 Å². The molecule has 25 heavy (non-hydrogen) atoms. The van der Waals surface area contributed by atoms with E-state index in [0.717, 1.165) is 17.3 Å². The van der Waals surface area contributed by atoms with Crippen LogP contribution in [0.4, 0.5) is 0 Å². The number of thioether (sulfide) groups is 1. The molecule has 0 fully saturated rings. The van der Waals surface area contributed by atoms with E-state index in [-0.39, 0.29) is 5.91 Å². The Morgan fingerprint density at radius 1 is 1.04 bits per heavy atom. The van der Waals surface area contributed by atoms with Crippen LogP contribution in [0.1, 0.15) is 30.0 Å². The summed E-state index contributed by atoms with van der Waals surface area (Å²) >= 11 is 1.82. The average molecular weight is 358 g/mol. The Morgan fingerprint density at radius 3 is 2.24 bits per heavy atom. The third-order valence-corrected chi connectivity index (χ3v) is 4.93. The van der Waals surface area contributed by atoms with Crippen molar-refractivity contribution < 1.29 is 9.53 Å². The van der Waals surface area contributed by atoms with E-state index in [1.54, 1.807) is 0 Å². The highest BCUT2D eigenvalue weighted by molar-refractivity contribution is 7.98. The van der Waals surface area contributed by atoms with Gasteiger partial charge < -0.3 is 10.1 Å². The molecule has 0 heterocycles. The van der Waals surface area contributed by atoms with Crippen LogP contribution in [0.3, 0.4) is 0 Å².